The Labute approximate surface area is 86.3 Å². The van der Waals surface area contributed by atoms with Crippen molar-refractivity contribution in [3.8, 4) is 0 Å². The molecule has 2 nitrogen and oxygen atoms in total. The molecule has 2 rings (SSSR count). The summed E-state index contributed by atoms with van der Waals surface area (Å²) in [7, 11) is 0. The number of hydrogen-bond acceptors (Lipinski definition) is 1. The number of rotatable bonds is 1. The molecule has 0 saturated heterocycles. The molecule has 0 fully saturated rings. The molecule has 0 N–H and O–H groups in total. The van der Waals surface area contributed by atoms with E-state index < -0.39 is 0 Å². The van der Waals surface area contributed by atoms with Gasteiger partial charge >= 0.3 is 0 Å². The highest BCUT2D eigenvalue weighted by Crippen LogP contribution is 2.24. The van der Waals surface area contributed by atoms with Crippen molar-refractivity contribution in [2.45, 2.75) is 19.9 Å². The van der Waals surface area contributed by atoms with Crippen molar-refractivity contribution in [2.75, 3.05) is 0 Å². The van der Waals surface area contributed by atoms with Gasteiger partial charge in [0.05, 0.1) is 11.0 Å². The standard InChI is InChI=1S/C10H10ClFN2/c1-6(2)14-9-4-3-7(12)5-8(9)13-10(14)11/h3-6H,1-2H3. The van der Waals surface area contributed by atoms with Gasteiger partial charge in [0.15, 0.2) is 0 Å². The summed E-state index contributed by atoms with van der Waals surface area (Å²) < 4.78 is 14.8. The number of imidazole rings is 1. The highest BCUT2D eigenvalue weighted by molar-refractivity contribution is 6.29. The summed E-state index contributed by atoms with van der Waals surface area (Å²) in [6.45, 7) is 4.02. The first-order valence-electron chi connectivity index (χ1n) is 4.42. The Morgan fingerprint density at radius 3 is 2.79 bits per heavy atom. The molecule has 0 spiro atoms. The number of fused-ring (bicyclic) bond motifs is 1. The monoisotopic (exact) mass is 212 g/mol. The van der Waals surface area contributed by atoms with Crippen LogP contribution in [0.25, 0.3) is 11.0 Å². The fraction of sp³-hybridized carbons (Fsp3) is 0.300. The first-order valence-corrected chi connectivity index (χ1v) is 4.80. The predicted octanol–water partition coefficient (Wildman–Crippen LogP) is 3.41. The Balaban J connectivity index is 2.77. The van der Waals surface area contributed by atoms with Gasteiger partial charge in [-0.15, -0.1) is 0 Å². The molecule has 0 amide bonds. The first-order chi connectivity index (χ1) is 6.59. The normalized spacial score (nSPS) is 11.5. The molecule has 4 heteroatoms. The van der Waals surface area contributed by atoms with E-state index in [-0.39, 0.29) is 11.9 Å². The number of benzene rings is 1. The Hall–Kier alpha value is -1.09. The third kappa shape index (κ3) is 1.38. The zero-order valence-electron chi connectivity index (χ0n) is 7.96. The molecule has 0 atom stereocenters. The van der Waals surface area contributed by atoms with Crippen molar-refractivity contribution in [3.63, 3.8) is 0 Å². The lowest BCUT2D eigenvalue weighted by Crippen LogP contribution is -1.99. The van der Waals surface area contributed by atoms with Gasteiger partial charge < -0.3 is 4.57 Å². The lowest BCUT2D eigenvalue weighted by Gasteiger charge is -2.08. The van der Waals surface area contributed by atoms with Crippen molar-refractivity contribution in [3.05, 3.63) is 29.3 Å². The summed E-state index contributed by atoms with van der Waals surface area (Å²) in [4.78, 5) is 4.08. The molecule has 0 aliphatic heterocycles. The molecule has 0 unspecified atom stereocenters. The highest BCUT2D eigenvalue weighted by Gasteiger charge is 2.11. The van der Waals surface area contributed by atoms with Crippen LogP contribution in [0.3, 0.4) is 0 Å². The maximum Gasteiger partial charge on any atom is 0.204 e. The van der Waals surface area contributed by atoms with Gasteiger partial charge in [-0.1, -0.05) is 0 Å². The quantitative estimate of drug-likeness (QED) is 0.709. The van der Waals surface area contributed by atoms with E-state index in [4.69, 9.17) is 11.6 Å². The zero-order chi connectivity index (χ0) is 10.3. The number of nitrogens with zero attached hydrogens (tertiary/aromatic N) is 2. The van der Waals surface area contributed by atoms with Crippen LogP contribution in [-0.2, 0) is 0 Å². The van der Waals surface area contributed by atoms with Gasteiger partial charge in [-0.05, 0) is 37.6 Å². The summed E-state index contributed by atoms with van der Waals surface area (Å²) in [5, 5.41) is 0.403. The number of aromatic nitrogens is 2. The van der Waals surface area contributed by atoms with Crippen LogP contribution in [0, 0.1) is 5.82 Å². The molecular formula is C10H10ClFN2. The molecule has 2 aromatic rings. The second-order valence-electron chi connectivity index (χ2n) is 3.48. The van der Waals surface area contributed by atoms with Gasteiger partial charge in [0, 0.05) is 12.1 Å². The maximum absolute atomic E-state index is 12.9. The molecule has 0 radical (unpaired) electrons. The average Bonchev–Trinajstić information content (AvgIpc) is 2.39. The Morgan fingerprint density at radius 1 is 1.43 bits per heavy atom. The third-order valence-electron chi connectivity index (χ3n) is 2.12. The smallest absolute Gasteiger partial charge is 0.204 e. The van der Waals surface area contributed by atoms with Crippen molar-refractivity contribution in [2.24, 2.45) is 0 Å². The second-order valence-corrected chi connectivity index (χ2v) is 3.82. The van der Waals surface area contributed by atoms with Gasteiger partial charge in [0.1, 0.15) is 5.82 Å². The SMILES string of the molecule is CC(C)n1c(Cl)nc2cc(F)ccc21. The van der Waals surface area contributed by atoms with Crippen LogP contribution in [0.2, 0.25) is 5.28 Å². The lowest BCUT2D eigenvalue weighted by molar-refractivity contribution is 0.616. The minimum absolute atomic E-state index is 0.220. The van der Waals surface area contributed by atoms with Gasteiger partial charge in [-0.3, -0.25) is 0 Å². The highest BCUT2D eigenvalue weighted by atomic mass is 35.5. The van der Waals surface area contributed by atoms with Gasteiger partial charge in [-0.25, -0.2) is 9.37 Å². The molecule has 1 aromatic carbocycles. The molecule has 0 saturated carbocycles. The number of halogens is 2. The predicted molar refractivity (Wildman–Crippen MR) is 55.1 cm³/mol. The minimum Gasteiger partial charge on any atom is -0.312 e. The fourth-order valence-electron chi connectivity index (χ4n) is 1.53. The maximum atomic E-state index is 12.9. The summed E-state index contributed by atoms with van der Waals surface area (Å²) in [5.41, 5.74) is 1.47. The summed E-state index contributed by atoms with van der Waals surface area (Å²) in [5.74, 6) is -0.289. The largest absolute Gasteiger partial charge is 0.312 e. The zero-order valence-corrected chi connectivity index (χ0v) is 8.72. The van der Waals surface area contributed by atoms with Crippen LogP contribution in [0.1, 0.15) is 19.9 Å². The van der Waals surface area contributed by atoms with Crippen LogP contribution in [0.5, 0.6) is 0 Å². The van der Waals surface area contributed by atoms with Gasteiger partial charge in [-0.2, -0.15) is 0 Å². The molecule has 0 bridgehead atoms. The lowest BCUT2D eigenvalue weighted by atomic mass is 10.3. The first kappa shape index (κ1) is 9.46. The Kier molecular flexibility index (Phi) is 2.19. The number of hydrogen-bond donors (Lipinski definition) is 0. The van der Waals surface area contributed by atoms with Crippen LogP contribution in [-0.4, -0.2) is 9.55 Å². The van der Waals surface area contributed by atoms with Crippen molar-refractivity contribution < 1.29 is 4.39 Å². The van der Waals surface area contributed by atoms with E-state index in [9.17, 15) is 4.39 Å². The van der Waals surface area contributed by atoms with Crippen LogP contribution >= 0.6 is 11.6 Å². The van der Waals surface area contributed by atoms with E-state index in [1.54, 1.807) is 6.07 Å². The molecular weight excluding hydrogens is 203 g/mol. The second kappa shape index (κ2) is 3.24. The Bertz CT molecular complexity index is 476. The average molecular weight is 213 g/mol. The summed E-state index contributed by atoms with van der Waals surface area (Å²) in [6, 6.07) is 4.72. The van der Waals surface area contributed by atoms with E-state index in [0.29, 0.717) is 10.8 Å². The van der Waals surface area contributed by atoms with Crippen molar-refractivity contribution >= 4 is 22.6 Å². The summed E-state index contributed by atoms with van der Waals surface area (Å²) >= 11 is 5.94. The van der Waals surface area contributed by atoms with Crippen molar-refractivity contribution in [1.29, 1.82) is 0 Å². The molecule has 1 aromatic heterocycles. The van der Waals surface area contributed by atoms with Gasteiger partial charge in [0.2, 0.25) is 5.28 Å². The molecule has 0 aliphatic carbocycles. The summed E-state index contributed by atoms with van der Waals surface area (Å²) in [6.07, 6.45) is 0. The fourth-order valence-corrected chi connectivity index (χ4v) is 1.91. The minimum atomic E-state index is -0.289. The van der Waals surface area contributed by atoms with E-state index in [1.165, 1.54) is 12.1 Å². The van der Waals surface area contributed by atoms with Crippen LogP contribution < -0.4 is 0 Å². The van der Waals surface area contributed by atoms with E-state index in [2.05, 4.69) is 4.98 Å². The topological polar surface area (TPSA) is 17.8 Å². The van der Waals surface area contributed by atoms with Gasteiger partial charge in [0.25, 0.3) is 0 Å². The Morgan fingerprint density at radius 2 is 2.14 bits per heavy atom. The van der Waals surface area contributed by atoms with Crippen LogP contribution in [0.4, 0.5) is 4.39 Å². The molecule has 0 aliphatic rings. The van der Waals surface area contributed by atoms with Crippen LogP contribution in [0.15, 0.2) is 18.2 Å². The van der Waals surface area contributed by atoms with E-state index in [0.717, 1.165) is 5.52 Å². The third-order valence-corrected chi connectivity index (χ3v) is 2.39. The molecule has 1 heterocycles. The molecule has 14 heavy (non-hydrogen) atoms. The molecule has 74 valence electrons. The van der Waals surface area contributed by atoms with E-state index >= 15 is 0 Å². The van der Waals surface area contributed by atoms with Crippen molar-refractivity contribution in [1.82, 2.24) is 9.55 Å². The van der Waals surface area contributed by atoms with E-state index in [1.807, 2.05) is 18.4 Å².